The molecule has 1 unspecified atom stereocenters. The highest BCUT2D eigenvalue weighted by Crippen LogP contribution is 2.25. The molecule has 1 saturated heterocycles. The standard InChI is InChI=1S/C17H28N2O/c1-4-18-12-15-8-9-17(20-3)16(11-15)13-19-10-6-5-7-14(19)2/h8-9,11,14,18H,4-7,10,12-13H2,1-3H3. The van der Waals surface area contributed by atoms with E-state index < -0.39 is 0 Å². The van der Waals surface area contributed by atoms with Crippen molar-refractivity contribution in [3.05, 3.63) is 29.3 Å². The van der Waals surface area contributed by atoms with E-state index in [1.165, 1.54) is 36.9 Å². The van der Waals surface area contributed by atoms with Crippen molar-refractivity contribution in [2.45, 2.75) is 52.2 Å². The van der Waals surface area contributed by atoms with Crippen LogP contribution < -0.4 is 10.1 Å². The third-order valence-corrected chi connectivity index (χ3v) is 4.24. The molecule has 0 saturated carbocycles. The second kappa shape index (κ2) is 7.65. The fourth-order valence-corrected chi connectivity index (χ4v) is 2.95. The molecule has 0 aliphatic carbocycles. The van der Waals surface area contributed by atoms with Gasteiger partial charge in [0.25, 0.3) is 0 Å². The smallest absolute Gasteiger partial charge is 0.123 e. The number of rotatable bonds is 6. The molecule has 0 amide bonds. The van der Waals surface area contributed by atoms with Crippen molar-refractivity contribution in [1.82, 2.24) is 10.2 Å². The first kappa shape index (κ1) is 15.3. The maximum atomic E-state index is 5.53. The zero-order valence-electron chi connectivity index (χ0n) is 13.1. The molecule has 112 valence electrons. The summed E-state index contributed by atoms with van der Waals surface area (Å²) in [6.45, 7) is 8.63. The molecule has 3 nitrogen and oxygen atoms in total. The largest absolute Gasteiger partial charge is 0.496 e. The van der Waals surface area contributed by atoms with E-state index in [1.54, 1.807) is 7.11 Å². The summed E-state index contributed by atoms with van der Waals surface area (Å²) in [4.78, 5) is 2.58. The summed E-state index contributed by atoms with van der Waals surface area (Å²) in [5, 5.41) is 3.39. The lowest BCUT2D eigenvalue weighted by molar-refractivity contribution is 0.151. The molecule has 1 aliphatic rings. The number of ether oxygens (including phenoxy) is 1. The number of hydrogen-bond donors (Lipinski definition) is 1. The van der Waals surface area contributed by atoms with Gasteiger partial charge in [-0.2, -0.15) is 0 Å². The van der Waals surface area contributed by atoms with E-state index in [-0.39, 0.29) is 0 Å². The van der Waals surface area contributed by atoms with Crippen LogP contribution >= 0.6 is 0 Å². The SMILES string of the molecule is CCNCc1ccc(OC)c(CN2CCCCC2C)c1. The zero-order valence-corrected chi connectivity index (χ0v) is 13.1. The number of hydrogen-bond acceptors (Lipinski definition) is 3. The molecule has 0 bridgehead atoms. The minimum Gasteiger partial charge on any atom is -0.496 e. The van der Waals surface area contributed by atoms with Crippen molar-refractivity contribution in [3.63, 3.8) is 0 Å². The Balaban J connectivity index is 2.10. The van der Waals surface area contributed by atoms with Gasteiger partial charge < -0.3 is 10.1 Å². The van der Waals surface area contributed by atoms with E-state index in [2.05, 4.69) is 42.3 Å². The van der Waals surface area contributed by atoms with Gasteiger partial charge in [0.05, 0.1) is 7.11 Å². The fourth-order valence-electron chi connectivity index (χ4n) is 2.95. The van der Waals surface area contributed by atoms with Gasteiger partial charge in [-0.15, -0.1) is 0 Å². The number of benzene rings is 1. The number of nitrogens with zero attached hydrogens (tertiary/aromatic N) is 1. The highest BCUT2D eigenvalue weighted by atomic mass is 16.5. The Morgan fingerprint density at radius 2 is 2.20 bits per heavy atom. The van der Waals surface area contributed by atoms with Crippen molar-refractivity contribution >= 4 is 0 Å². The maximum Gasteiger partial charge on any atom is 0.123 e. The normalized spacial score (nSPS) is 20.1. The maximum absolute atomic E-state index is 5.53. The predicted molar refractivity (Wildman–Crippen MR) is 84.1 cm³/mol. The van der Waals surface area contributed by atoms with Gasteiger partial charge in [-0.1, -0.05) is 19.4 Å². The van der Waals surface area contributed by atoms with Crippen LogP contribution in [0.4, 0.5) is 0 Å². The minimum atomic E-state index is 0.686. The van der Waals surface area contributed by atoms with Crippen molar-refractivity contribution in [2.24, 2.45) is 0 Å². The first-order valence-corrected chi connectivity index (χ1v) is 7.85. The van der Waals surface area contributed by atoms with Crippen molar-refractivity contribution in [1.29, 1.82) is 0 Å². The van der Waals surface area contributed by atoms with Crippen LogP contribution in [0.1, 0.15) is 44.2 Å². The topological polar surface area (TPSA) is 24.5 Å². The Bertz CT molecular complexity index is 419. The van der Waals surface area contributed by atoms with Crippen molar-refractivity contribution < 1.29 is 4.74 Å². The molecule has 0 radical (unpaired) electrons. The Morgan fingerprint density at radius 1 is 1.35 bits per heavy atom. The first-order chi connectivity index (χ1) is 9.74. The quantitative estimate of drug-likeness (QED) is 0.863. The van der Waals surface area contributed by atoms with Crippen LogP contribution in [0, 0.1) is 0 Å². The van der Waals surface area contributed by atoms with E-state index in [1.807, 2.05) is 0 Å². The van der Waals surface area contributed by atoms with Crippen molar-refractivity contribution in [3.8, 4) is 5.75 Å². The summed E-state index contributed by atoms with van der Waals surface area (Å²) in [5.41, 5.74) is 2.66. The fraction of sp³-hybridized carbons (Fsp3) is 0.647. The van der Waals surface area contributed by atoms with Crippen LogP contribution in [-0.4, -0.2) is 31.1 Å². The average molecular weight is 276 g/mol. The Hall–Kier alpha value is -1.06. The predicted octanol–water partition coefficient (Wildman–Crippen LogP) is 3.18. The summed E-state index contributed by atoms with van der Waals surface area (Å²) in [6, 6.07) is 7.25. The molecule has 2 rings (SSSR count). The Kier molecular flexibility index (Phi) is 5.86. The van der Waals surface area contributed by atoms with E-state index >= 15 is 0 Å². The van der Waals surface area contributed by atoms with Gasteiger partial charge in [0.15, 0.2) is 0 Å². The van der Waals surface area contributed by atoms with Gasteiger partial charge in [-0.25, -0.2) is 0 Å². The number of nitrogens with one attached hydrogen (secondary N) is 1. The third kappa shape index (κ3) is 3.97. The van der Waals surface area contributed by atoms with Crippen molar-refractivity contribution in [2.75, 3.05) is 20.2 Å². The molecule has 0 aromatic heterocycles. The minimum absolute atomic E-state index is 0.686. The molecule has 1 aromatic rings. The van der Waals surface area contributed by atoms with Gasteiger partial charge in [0.1, 0.15) is 5.75 Å². The molecule has 1 atom stereocenters. The second-order valence-electron chi connectivity index (χ2n) is 5.74. The van der Waals surface area contributed by atoms with E-state index in [0.717, 1.165) is 25.4 Å². The van der Waals surface area contributed by atoms with Crippen LogP contribution in [-0.2, 0) is 13.1 Å². The molecule has 1 N–H and O–H groups in total. The highest BCUT2D eigenvalue weighted by Gasteiger charge is 2.19. The number of piperidine rings is 1. The molecule has 3 heteroatoms. The lowest BCUT2D eigenvalue weighted by Crippen LogP contribution is -2.36. The number of likely N-dealkylation sites (tertiary alicyclic amines) is 1. The molecule has 0 spiro atoms. The number of methoxy groups -OCH3 is 1. The van der Waals surface area contributed by atoms with Gasteiger partial charge in [0, 0.05) is 24.7 Å². The molecule has 1 fully saturated rings. The summed E-state index contributed by atoms with van der Waals surface area (Å²) >= 11 is 0. The Labute approximate surface area is 123 Å². The lowest BCUT2D eigenvalue weighted by Gasteiger charge is -2.33. The molecule has 1 aromatic carbocycles. The Morgan fingerprint density at radius 3 is 2.90 bits per heavy atom. The first-order valence-electron chi connectivity index (χ1n) is 7.85. The van der Waals surface area contributed by atoms with Crippen LogP contribution in [0.25, 0.3) is 0 Å². The third-order valence-electron chi connectivity index (χ3n) is 4.24. The average Bonchev–Trinajstić information content (AvgIpc) is 2.48. The molecular weight excluding hydrogens is 248 g/mol. The monoisotopic (exact) mass is 276 g/mol. The van der Waals surface area contributed by atoms with Crippen LogP contribution in [0.3, 0.4) is 0 Å². The van der Waals surface area contributed by atoms with Gasteiger partial charge >= 0.3 is 0 Å². The summed E-state index contributed by atoms with van der Waals surface area (Å²) in [6.07, 6.45) is 4.01. The molecule has 1 heterocycles. The highest BCUT2D eigenvalue weighted by molar-refractivity contribution is 5.37. The summed E-state index contributed by atoms with van der Waals surface area (Å²) < 4.78 is 5.53. The molecular formula is C17H28N2O. The second-order valence-corrected chi connectivity index (χ2v) is 5.74. The van der Waals surface area contributed by atoms with Gasteiger partial charge in [0.2, 0.25) is 0 Å². The molecule has 20 heavy (non-hydrogen) atoms. The van der Waals surface area contributed by atoms with Crippen LogP contribution in [0.2, 0.25) is 0 Å². The summed E-state index contributed by atoms with van der Waals surface area (Å²) in [5.74, 6) is 1.02. The molecule has 1 aliphatic heterocycles. The van der Waals surface area contributed by atoms with Crippen LogP contribution in [0.15, 0.2) is 18.2 Å². The summed E-state index contributed by atoms with van der Waals surface area (Å²) in [7, 11) is 1.77. The van der Waals surface area contributed by atoms with E-state index in [4.69, 9.17) is 4.74 Å². The lowest BCUT2D eigenvalue weighted by atomic mass is 10.0. The van der Waals surface area contributed by atoms with E-state index in [9.17, 15) is 0 Å². The van der Waals surface area contributed by atoms with Gasteiger partial charge in [-0.05, 0) is 50.6 Å². The van der Waals surface area contributed by atoms with Crippen LogP contribution in [0.5, 0.6) is 5.75 Å². The van der Waals surface area contributed by atoms with Gasteiger partial charge in [-0.3, -0.25) is 4.90 Å². The van der Waals surface area contributed by atoms with E-state index in [0.29, 0.717) is 6.04 Å². The zero-order chi connectivity index (χ0) is 14.4.